The highest BCUT2D eigenvalue weighted by Gasteiger charge is 2.38. The lowest BCUT2D eigenvalue weighted by Gasteiger charge is -2.32. The van der Waals surface area contributed by atoms with Crippen molar-refractivity contribution in [2.24, 2.45) is 11.8 Å². The van der Waals surface area contributed by atoms with E-state index >= 15 is 9.59 Å². The monoisotopic (exact) mass is 1120 g/mol. The van der Waals surface area contributed by atoms with Crippen LogP contribution in [0.2, 0.25) is 0 Å². The minimum Gasteiger partial charge on any atom is -0.504 e. The minimum absolute atomic E-state index is 0.00975. The maximum atomic E-state index is 15.5. The number of esters is 1. The molecule has 0 unspecified atom stereocenters. The fraction of sp³-hybridized carbons (Fsp3) is 0.525. The number of aryl methyl sites for hydroxylation is 2. The minimum atomic E-state index is -1.55. The SMILES string of the molecule is CC[C@@H](O)COc1cc2cc(c1O)-c1cc(ccc1OCCNC(=O)OC(C)(C)C)C[C@@H](C(=O)OC)NC(=O)[C@H](C)CC(=O)[C@H]2N(C)C(=O)[C@H](CCNC(=O)OC(C)(C)C)CC(=O)c1c(C)nc(-c2ccc(C(C)(C)C)cc2)nc1C. The van der Waals surface area contributed by atoms with Crippen LogP contribution < -0.4 is 25.4 Å². The third kappa shape index (κ3) is 17.9. The molecule has 4 aromatic rings. The summed E-state index contributed by atoms with van der Waals surface area (Å²) >= 11 is 0. The van der Waals surface area contributed by atoms with Crippen LogP contribution in [0.5, 0.6) is 17.2 Å². The van der Waals surface area contributed by atoms with E-state index in [9.17, 15) is 34.2 Å². The van der Waals surface area contributed by atoms with Crippen LogP contribution >= 0.6 is 0 Å². The number of methoxy groups -OCH3 is 1. The van der Waals surface area contributed by atoms with Gasteiger partial charge in [0.25, 0.3) is 0 Å². The van der Waals surface area contributed by atoms with Crippen LogP contribution in [0.25, 0.3) is 22.5 Å². The summed E-state index contributed by atoms with van der Waals surface area (Å²) in [6.45, 7) is 22.7. The molecule has 1 aliphatic heterocycles. The van der Waals surface area contributed by atoms with Gasteiger partial charge >= 0.3 is 18.2 Å². The van der Waals surface area contributed by atoms with E-state index in [1.54, 1.807) is 80.5 Å². The van der Waals surface area contributed by atoms with Gasteiger partial charge in [-0.05, 0) is 115 Å². The molecular formula is C61H82N6O14. The Morgan fingerprint density at radius 2 is 1.41 bits per heavy atom. The molecule has 0 saturated carbocycles. The third-order valence-corrected chi connectivity index (χ3v) is 13.4. The van der Waals surface area contributed by atoms with E-state index in [0.717, 1.165) is 11.1 Å². The zero-order chi connectivity index (χ0) is 60.3. The summed E-state index contributed by atoms with van der Waals surface area (Å²) in [7, 11) is 2.55. The summed E-state index contributed by atoms with van der Waals surface area (Å²) in [5.74, 6) is -5.60. The first kappa shape index (κ1) is 64.2. The van der Waals surface area contributed by atoms with Gasteiger partial charge in [0.2, 0.25) is 11.8 Å². The Balaban J connectivity index is 1.67. The lowest BCUT2D eigenvalue weighted by Crippen LogP contribution is -2.46. The molecule has 20 heteroatoms. The molecule has 0 spiro atoms. The van der Waals surface area contributed by atoms with Gasteiger partial charge in [-0.3, -0.25) is 19.2 Å². The van der Waals surface area contributed by atoms with E-state index in [0.29, 0.717) is 22.8 Å². The molecule has 0 saturated heterocycles. The van der Waals surface area contributed by atoms with Crippen molar-refractivity contribution in [3.8, 4) is 39.8 Å². The van der Waals surface area contributed by atoms with E-state index in [2.05, 4.69) is 36.7 Å². The number of aliphatic hydroxyl groups is 1. The highest BCUT2D eigenvalue weighted by molar-refractivity contribution is 6.01. The molecule has 3 aromatic carbocycles. The molecule has 4 amide bonds. The number of alkyl carbamates (subject to hydrolysis) is 2. The van der Waals surface area contributed by atoms with Crippen LogP contribution in [0, 0.1) is 25.7 Å². The number of likely N-dealkylation sites (N-methyl/N-ethyl adjacent to an activating group) is 1. The van der Waals surface area contributed by atoms with Crippen molar-refractivity contribution in [3.05, 3.63) is 88.2 Å². The number of benzene rings is 3. The van der Waals surface area contributed by atoms with E-state index in [-0.39, 0.29) is 84.7 Å². The number of nitrogens with one attached hydrogen (secondary N) is 3. The Hall–Kier alpha value is -7.61. The number of rotatable bonds is 18. The molecule has 5 rings (SSSR count). The molecule has 4 bridgehead atoms. The van der Waals surface area contributed by atoms with Crippen molar-refractivity contribution in [2.75, 3.05) is 40.5 Å². The number of phenolic OH excluding ortho intramolecular Hbond substituents is 1. The number of Topliss-reactive ketones (excluding diaryl/α,β-unsaturated/α-hetero) is 2. The molecular weight excluding hydrogens is 1040 g/mol. The van der Waals surface area contributed by atoms with Gasteiger partial charge in [-0.1, -0.05) is 65.0 Å². The van der Waals surface area contributed by atoms with Crippen molar-refractivity contribution < 1.29 is 67.5 Å². The number of ketones is 2. The van der Waals surface area contributed by atoms with Gasteiger partial charge in [0.05, 0.1) is 36.7 Å². The number of hydrogen-bond acceptors (Lipinski definition) is 16. The van der Waals surface area contributed by atoms with Crippen molar-refractivity contribution in [3.63, 3.8) is 0 Å². The second-order valence-electron chi connectivity index (χ2n) is 23.6. The number of carbonyl (C=O) groups is 7. The van der Waals surface area contributed by atoms with Crippen LogP contribution in [-0.4, -0.2) is 130 Å². The van der Waals surface area contributed by atoms with E-state index in [1.807, 2.05) is 24.3 Å². The number of hydrogen-bond donors (Lipinski definition) is 5. The fourth-order valence-electron chi connectivity index (χ4n) is 9.18. The number of nitrogens with zero attached hydrogens (tertiary/aromatic N) is 3. The van der Waals surface area contributed by atoms with Gasteiger partial charge in [0.15, 0.2) is 28.9 Å². The molecule has 440 valence electrons. The van der Waals surface area contributed by atoms with Crippen molar-refractivity contribution in [2.45, 2.75) is 157 Å². The molecule has 5 N–H and O–H groups in total. The number of phenols is 1. The highest BCUT2D eigenvalue weighted by atomic mass is 16.6. The lowest BCUT2D eigenvalue weighted by molar-refractivity contribution is -0.146. The first-order valence-corrected chi connectivity index (χ1v) is 27.3. The Labute approximate surface area is 475 Å². The third-order valence-electron chi connectivity index (χ3n) is 13.4. The van der Waals surface area contributed by atoms with Crippen molar-refractivity contribution >= 4 is 41.5 Å². The number of fused-ring (bicyclic) bond motifs is 5. The lowest BCUT2D eigenvalue weighted by atomic mass is 9.86. The zero-order valence-corrected chi connectivity index (χ0v) is 49.6. The number of aromatic hydroxyl groups is 1. The van der Waals surface area contributed by atoms with Gasteiger partial charge in [0.1, 0.15) is 42.2 Å². The maximum absolute atomic E-state index is 15.5. The van der Waals surface area contributed by atoms with Gasteiger partial charge in [0, 0.05) is 61.4 Å². The number of aromatic nitrogens is 2. The standard InChI is InChI=1S/C61H82N6O14/c1-16-42(68)33-79-49-32-40-30-44(52(49)71)43-28-37(17-22-48(43)78-26-25-63-58(76)81-61(11,12)13)29-45(56(74)77-15)66-54(72)34(2)27-47(70)51(40)67(14)55(73)39(23-24-62-57(75)80-60(8,9)10)31-46(69)50-35(3)64-53(65-36(50)4)38-18-20-41(21-19-38)59(5,6)7/h17-22,28,30,32,34,39,42,45,51,68,71H,16,23-27,29,31,33H2,1-15H3,(H,62,75)(H,63,76)(H,66,72)/t34-,39-,42-,45+,51+/m1/s1. The maximum Gasteiger partial charge on any atom is 0.407 e. The Kier molecular flexibility index (Phi) is 21.6. The first-order chi connectivity index (χ1) is 37.8. The summed E-state index contributed by atoms with van der Waals surface area (Å²) in [4.78, 5) is 109. The number of amides is 4. The van der Waals surface area contributed by atoms with Gasteiger partial charge in [-0.2, -0.15) is 0 Å². The van der Waals surface area contributed by atoms with Crippen LogP contribution in [0.1, 0.15) is 146 Å². The van der Waals surface area contributed by atoms with Crippen LogP contribution in [-0.2, 0) is 45.2 Å². The average molecular weight is 1120 g/mol. The van der Waals surface area contributed by atoms with Crippen LogP contribution in [0.4, 0.5) is 9.59 Å². The van der Waals surface area contributed by atoms with Crippen LogP contribution in [0.3, 0.4) is 0 Å². The van der Waals surface area contributed by atoms with Gasteiger partial charge in [-0.15, -0.1) is 0 Å². The normalized spacial score (nSPS) is 16.6. The Morgan fingerprint density at radius 3 is 1.98 bits per heavy atom. The fourth-order valence-corrected chi connectivity index (χ4v) is 9.18. The number of ether oxygens (including phenoxy) is 5. The summed E-state index contributed by atoms with van der Waals surface area (Å²) in [6.07, 6.45) is -3.23. The smallest absolute Gasteiger partial charge is 0.407 e. The Bertz CT molecular complexity index is 2920. The Morgan fingerprint density at radius 1 is 0.802 bits per heavy atom. The molecule has 0 fully saturated rings. The summed E-state index contributed by atoms with van der Waals surface area (Å²) in [5.41, 5.74) is 1.95. The van der Waals surface area contributed by atoms with Crippen molar-refractivity contribution in [1.29, 1.82) is 0 Å². The highest BCUT2D eigenvalue weighted by Crippen LogP contribution is 2.45. The first-order valence-electron chi connectivity index (χ1n) is 27.3. The molecule has 0 radical (unpaired) electrons. The largest absolute Gasteiger partial charge is 0.504 e. The van der Waals surface area contributed by atoms with E-state index < -0.39 is 101 Å². The topological polar surface area (TPSA) is 271 Å². The second kappa shape index (κ2) is 27.2. The molecule has 2 heterocycles. The summed E-state index contributed by atoms with van der Waals surface area (Å²) in [6, 6.07) is 12.8. The van der Waals surface area contributed by atoms with Gasteiger partial charge < -0.3 is 54.7 Å². The predicted octanol–water partition coefficient (Wildman–Crippen LogP) is 8.60. The molecule has 0 aliphatic carbocycles. The summed E-state index contributed by atoms with van der Waals surface area (Å²) in [5, 5.41) is 31.0. The second-order valence-corrected chi connectivity index (χ2v) is 23.6. The van der Waals surface area contributed by atoms with Gasteiger partial charge in [-0.25, -0.2) is 24.4 Å². The van der Waals surface area contributed by atoms with E-state index in [1.165, 1.54) is 38.1 Å². The molecule has 20 nitrogen and oxygen atoms in total. The van der Waals surface area contributed by atoms with Crippen LogP contribution in [0.15, 0.2) is 54.6 Å². The average Bonchev–Trinajstić information content (AvgIpc) is 3.37. The molecule has 81 heavy (non-hydrogen) atoms. The molecule has 1 aromatic heterocycles. The zero-order valence-electron chi connectivity index (χ0n) is 49.6. The number of carbonyl (C=O) groups excluding carboxylic acids is 7. The predicted molar refractivity (Wildman–Crippen MR) is 304 cm³/mol. The van der Waals surface area contributed by atoms with Crippen molar-refractivity contribution in [1.82, 2.24) is 30.8 Å². The molecule has 5 atom stereocenters. The van der Waals surface area contributed by atoms with E-state index in [4.69, 9.17) is 33.7 Å². The molecule has 1 aliphatic rings. The summed E-state index contributed by atoms with van der Waals surface area (Å²) < 4.78 is 28.3. The quantitative estimate of drug-likeness (QED) is 0.0270. The number of aliphatic hydroxyl groups excluding tert-OH is 1.